The third-order valence-electron chi connectivity index (χ3n) is 3.20. The number of hydrogen-bond acceptors (Lipinski definition) is 3. The van der Waals surface area contributed by atoms with Gasteiger partial charge in [0.15, 0.2) is 0 Å². The molecule has 3 nitrogen and oxygen atoms in total. The maximum absolute atomic E-state index is 10.6. The lowest BCUT2D eigenvalue weighted by molar-refractivity contribution is -0.113. The third-order valence-corrected chi connectivity index (χ3v) is 3.20. The number of aldehydes is 1. The molecule has 0 aromatic heterocycles. The molecule has 3 heteroatoms. The van der Waals surface area contributed by atoms with Gasteiger partial charge in [0.25, 0.3) is 0 Å². The molecule has 2 bridgehead atoms. The predicted molar refractivity (Wildman–Crippen MR) is 40.1 cm³/mol. The van der Waals surface area contributed by atoms with Crippen molar-refractivity contribution in [1.29, 1.82) is 0 Å². The van der Waals surface area contributed by atoms with Crippen LogP contribution in [0.25, 0.3) is 0 Å². The van der Waals surface area contributed by atoms with Gasteiger partial charge in [-0.3, -0.25) is 4.90 Å². The zero-order valence-corrected chi connectivity index (χ0v) is 6.60. The molecule has 0 aromatic carbocycles. The first kappa shape index (κ1) is 7.25. The van der Waals surface area contributed by atoms with Crippen molar-refractivity contribution < 1.29 is 9.90 Å². The first-order chi connectivity index (χ1) is 5.25. The maximum atomic E-state index is 10.6. The summed E-state index contributed by atoms with van der Waals surface area (Å²) >= 11 is 0. The van der Waals surface area contributed by atoms with Gasteiger partial charge in [-0.25, -0.2) is 0 Å². The minimum atomic E-state index is -0.254. The average Bonchev–Trinajstić information content (AvgIpc) is 2.44. The number of nitrogens with zero attached hydrogens (tertiary/aromatic N) is 1. The van der Waals surface area contributed by atoms with E-state index < -0.39 is 0 Å². The SMILES string of the molecule is CN1C(C=O)C2CCC1C2O. The van der Waals surface area contributed by atoms with Crippen LogP contribution in [0.2, 0.25) is 0 Å². The van der Waals surface area contributed by atoms with Gasteiger partial charge in [0.2, 0.25) is 0 Å². The van der Waals surface area contributed by atoms with E-state index in [9.17, 15) is 9.90 Å². The summed E-state index contributed by atoms with van der Waals surface area (Å²) in [5.41, 5.74) is 0. The number of piperidine rings is 1. The Kier molecular flexibility index (Phi) is 1.51. The summed E-state index contributed by atoms with van der Waals surface area (Å²) in [6, 6.07) is 0.221. The normalized spacial score (nSPS) is 50.0. The van der Waals surface area contributed by atoms with Crippen LogP contribution < -0.4 is 0 Å². The van der Waals surface area contributed by atoms with Crippen LogP contribution in [-0.2, 0) is 4.79 Å². The summed E-state index contributed by atoms with van der Waals surface area (Å²) in [4.78, 5) is 12.6. The second-order valence-electron chi connectivity index (χ2n) is 3.59. The van der Waals surface area contributed by atoms with Gasteiger partial charge in [-0.1, -0.05) is 0 Å². The van der Waals surface area contributed by atoms with Gasteiger partial charge in [0, 0.05) is 12.0 Å². The summed E-state index contributed by atoms with van der Waals surface area (Å²) in [7, 11) is 1.92. The first-order valence-electron chi connectivity index (χ1n) is 4.11. The fraction of sp³-hybridized carbons (Fsp3) is 0.875. The highest BCUT2D eigenvalue weighted by Crippen LogP contribution is 2.40. The molecular formula is C8H13NO2. The number of carbonyl (C=O) groups is 1. The lowest BCUT2D eigenvalue weighted by atomic mass is 9.99. The zero-order valence-electron chi connectivity index (χ0n) is 6.60. The Bertz CT molecular complexity index is 183. The lowest BCUT2D eigenvalue weighted by Gasteiger charge is -2.26. The quantitative estimate of drug-likeness (QED) is 0.526. The van der Waals surface area contributed by atoms with Gasteiger partial charge < -0.3 is 9.90 Å². The van der Waals surface area contributed by atoms with Crippen LogP contribution in [0.3, 0.4) is 0 Å². The van der Waals surface area contributed by atoms with E-state index in [0.717, 1.165) is 19.1 Å². The highest BCUT2D eigenvalue weighted by molar-refractivity contribution is 5.60. The van der Waals surface area contributed by atoms with Gasteiger partial charge >= 0.3 is 0 Å². The van der Waals surface area contributed by atoms with Crippen LogP contribution in [-0.4, -0.2) is 41.5 Å². The number of aliphatic hydroxyl groups is 1. The summed E-state index contributed by atoms with van der Waals surface area (Å²) in [6.45, 7) is 0. The Labute approximate surface area is 66.0 Å². The lowest BCUT2D eigenvalue weighted by Crippen LogP contribution is -2.38. The first-order valence-corrected chi connectivity index (χ1v) is 4.11. The molecule has 4 atom stereocenters. The molecule has 0 spiro atoms. The molecule has 0 amide bonds. The molecule has 2 fully saturated rings. The average molecular weight is 155 g/mol. The summed E-state index contributed by atoms with van der Waals surface area (Å²) < 4.78 is 0. The van der Waals surface area contributed by atoms with Gasteiger partial charge in [0.1, 0.15) is 6.29 Å². The van der Waals surface area contributed by atoms with Gasteiger partial charge in [-0.05, 0) is 19.9 Å². The molecule has 4 unspecified atom stereocenters. The fourth-order valence-corrected chi connectivity index (χ4v) is 2.53. The number of fused-ring (bicyclic) bond motifs is 2. The molecule has 1 saturated heterocycles. The largest absolute Gasteiger partial charge is 0.391 e. The van der Waals surface area contributed by atoms with E-state index in [1.54, 1.807) is 0 Å². The Balaban J connectivity index is 2.23. The van der Waals surface area contributed by atoms with Crippen molar-refractivity contribution >= 4 is 6.29 Å². The molecule has 1 heterocycles. The molecular weight excluding hydrogens is 142 g/mol. The Hall–Kier alpha value is -0.410. The highest BCUT2D eigenvalue weighted by Gasteiger charge is 2.50. The minimum Gasteiger partial charge on any atom is -0.391 e. The second kappa shape index (κ2) is 2.29. The van der Waals surface area contributed by atoms with Gasteiger partial charge in [-0.15, -0.1) is 0 Å². The van der Waals surface area contributed by atoms with Crippen molar-refractivity contribution in [2.75, 3.05) is 7.05 Å². The smallest absolute Gasteiger partial charge is 0.137 e. The Morgan fingerprint density at radius 1 is 1.55 bits per heavy atom. The zero-order chi connectivity index (χ0) is 8.01. The van der Waals surface area contributed by atoms with Crippen molar-refractivity contribution in [3.05, 3.63) is 0 Å². The standard InChI is InChI=1S/C8H13NO2/c1-9-6-3-2-5(8(6)11)7(9)4-10/h4-8,11H,2-3H2,1H3. The molecule has 11 heavy (non-hydrogen) atoms. The minimum absolute atomic E-state index is 0.0243. The number of carbonyl (C=O) groups excluding carboxylic acids is 1. The van der Waals surface area contributed by atoms with E-state index in [2.05, 4.69) is 0 Å². The van der Waals surface area contributed by atoms with Crippen molar-refractivity contribution in [2.45, 2.75) is 31.0 Å². The Morgan fingerprint density at radius 3 is 2.64 bits per heavy atom. The monoisotopic (exact) mass is 155 g/mol. The number of aliphatic hydroxyl groups excluding tert-OH is 1. The number of hydrogen-bond donors (Lipinski definition) is 1. The fourth-order valence-electron chi connectivity index (χ4n) is 2.53. The number of likely N-dealkylation sites (tertiary alicyclic amines) is 1. The predicted octanol–water partition coefficient (Wildman–Crippen LogP) is -0.361. The molecule has 2 aliphatic rings. The van der Waals surface area contributed by atoms with E-state index in [0.29, 0.717) is 0 Å². The van der Waals surface area contributed by atoms with E-state index in [4.69, 9.17) is 0 Å². The number of rotatable bonds is 1. The maximum Gasteiger partial charge on any atom is 0.137 e. The summed E-state index contributed by atoms with van der Waals surface area (Å²) in [5, 5.41) is 9.60. The van der Waals surface area contributed by atoms with Crippen LogP contribution in [0.1, 0.15) is 12.8 Å². The van der Waals surface area contributed by atoms with Crippen LogP contribution in [0.5, 0.6) is 0 Å². The van der Waals surface area contributed by atoms with Crippen molar-refractivity contribution in [3.63, 3.8) is 0 Å². The molecule has 1 aliphatic heterocycles. The van der Waals surface area contributed by atoms with E-state index >= 15 is 0 Å². The highest BCUT2D eigenvalue weighted by atomic mass is 16.3. The van der Waals surface area contributed by atoms with Crippen LogP contribution in [0.15, 0.2) is 0 Å². The van der Waals surface area contributed by atoms with Gasteiger partial charge in [-0.2, -0.15) is 0 Å². The van der Waals surface area contributed by atoms with Crippen molar-refractivity contribution in [3.8, 4) is 0 Å². The molecule has 62 valence electrons. The molecule has 1 saturated carbocycles. The molecule has 1 aliphatic carbocycles. The molecule has 1 N–H and O–H groups in total. The third kappa shape index (κ3) is 0.781. The van der Waals surface area contributed by atoms with Crippen LogP contribution >= 0.6 is 0 Å². The van der Waals surface area contributed by atoms with E-state index in [-0.39, 0.29) is 24.1 Å². The van der Waals surface area contributed by atoms with Crippen molar-refractivity contribution in [1.82, 2.24) is 4.90 Å². The molecule has 0 radical (unpaired) electrons. The topological polar surface area (TPSA) is 40.5 Å². The molecule has 2 rings (SSSR count). The van der Waals surface area contributed by atoms with Crippen LogP contribution in [0.4, 0.5) is 0 Å². The Morgan fingerprint density at radius 2 is 2.27 bits per heavy atom. The number of likely N-dealkylation sites (N-methyl/N-ethyl adjacent to an activating group) is 1. The second-order valence-corrected chi connectivity index (χ2v) is 3.59. The van der Waals surface area contributed by atoms with Crippen LogP contribution in [0, 0.1) is 5.92 Å². The summed E-state index contributed by atoms with van der Waals surface area (Å²) in [5.74, 6) is 0.211. The molecule has 0 aromatic rings. The van der Waals surface area contributed by atoms with Crippen molar-refractivity contribution in [2.24, 2.45) is 5.92 Å². The van der Waals surface area contributed by atoms with E-state index in [1.165, 1.54) is 0 Å². The summed E-state index contributed by atoms with van der Waals surface area (Å²) in [6.07, 6.45) is 2.77. The van der Waals surface area contributed by atoms with E-state index in [1.807, 2.05) is 11.9 Å². The van der Waals surface area contributed by atoms with Gasteiger partial charge in [0.05, 0.1) is 12.1 Å².